The quantitative estimate of drug-likeness (QED) is 0.880. The smallest absolute Gasteiger partial charge is 0.125 e. The minimum atomic E-state index is -0.332. The highest BCUT2D eigenvalue weighted by Crippen LogP contribution is 2.33. The van der Waals surface area contributed by atoms with Crippen LogP contribution in [0.5, 0.6) is 0 Å². The molecule has 0 atom stereocenters. The van der Waals surface area contributed by atoms with Crippen LogP contribution in [0, 0.1) is 12.7 Å². The number of nitrogens with one attached hydrogen (secondary N) is 1. The summed E-state index contributed by atoms with van der Waals surface area (Å²) < 4.78 is 13.1. The normalized spacial score (nSPS) is 11.9. The minimum absolute atomic E-state index is 0.0596. The van der Waals surface area contributed by atoms with Gasteiger partial charge in [-0.05, 0) is 45.9 Å². The van der Waals surface area contributed by atoms with Gasteiger partial charge in [-0.1, -0.05) is 11.6 Å². The van der Waals surface area contributed by atoms with Gasteiger partial charge in [-0.15, -0.1) is 11.3 Å². The number of halogens is 2. The molecule has 0 unspecified atom stereocenters. The molecule has 20 heavy (non-hydrogen) atoms. The van der Waals surface area contributed by atoms with E-state index in [1.54, 1.807) is 17.4 Å². The van der Waals surface area contributed by atoms with Crippen molar-refractivity contribution in [1.29, 1.82) is 0 Å². The highest BCUT2D eigenvalue weighted by molar-refractivity contribution is 7.15. The van der Waals surface area contributed by atoms with Crippen LogP contribution in [-0.2, 0) is 6.54 Å². The molecule has 1 aromatic heterocycles. The van der Waals surface area contributed by atoms with Crippen molar-refractivity contribution in [3.05, 3.63) is 39.6 Å². The Kier molecular flexibility index (Phi) is 4.47. The maximum absolute atomic E-state index is 13.1. The molecule has 1 N–H and O–H groups in total. The summed E-state index contributed by atoms with van der Waals surface area (Å²) in [5.74, 6) is -0.332. The first kappa shape index (κ1) is 15.4. The van der Waals surface area contributed by atoms with Gasteiger partial charge in [-0.2, -0.15) is 0 Å². The Balaban J connectivity index is 2.26. The van der Waals surface area contributed by atoms with Gasteiger partial charge in [0.05, 0.1) is 10.7 Å². The minimum Gasteiger partial charge on any atom is -0.307 e. The Morgan fingerprint density at radius 3 is 2.65 bits per heavy atom. The molecule has 0 spiro atoms. The highest BCUT2D eigenvalue weighted by atomic mass is 35.5. The van der Waals surface area contributed by atoms with Crippen molar-refractivity contribution in [3.63, 3.8) is 0 Å². The molecule has 2 nitrogen and oxygen atoms in total. The molecule has 0 aliphatic rings. The van der Waals surface area contributed by atoms with Crippen molar-refractivity contribution >= 4 is 22.9 Å². The van der Waals surface area contributed by atoms with Gasteiger partial charge < -0.3 is 5.32 Å². The molecular weight excluding hydrogens is 295 g/mol. The molecule has 1 aromatic carbocycles. The number of aromatic nitrogens is 1. The molecule has 0 radical (unpaired) electrons. The largest absolute Gasteiger partial charge is 0.307 e. The van der Waals surface area contributed by atoms with E-state index in [1.165, 1.54) is 17.0 Å². The van der Waals surface area contributed by atoms with Gasteiger partial charge in [0.25, 0.3) is 0 Å². The fraction of sp³-hybridized carbons (Fsp3) is 0.400. The number of nitrogens with zero attached hydrogens (tertiary/aromatic N) is 1. The standard InChI is InChI=1S/C15H18ClFN2S/c1-9-13(8-18-15(2,3)4)20-14(19-9)11-6-5-10(17)7-12(11)16/h5-7,18H,8H2,1-4H3. The molecule has 108 valence electrons. The molecule has 0 saturated carbocycles. The van der Waals surface area contributed by atoms with E-state index in [2.05, 4.69) is 31.1 Å². The maximum Gasteiger partial charge on any atom is 0.125 e. The summed E-state index contributed by atoms with van der Waals surface area (Å²) in [6, 6.07) is 4.41. The molecule has 1 heterocycles. The molecule has 0 saturated heterocycles. The molecule has 0 bridgehead atoms. The zero-order chi connectivity index (χ0) is 14.9. The third-order valence-corrected chi connectivity index (χ3v) is 4.34. The second-order valence-electron chi connectivity index (χ2n) is 5.76. The van der Waals surface area contributed by atoms with Crippen molar-refractivity contribution in [2.75, 3.05) is 0 Å². The Bertz CT molecular complexity index is 617. The number of benzene rings is 1. The first-order valence-corrected chi connectivity index (χ1v) is 7.62. The topological polar surface area (TPSA) is 24.9 Å². The SMILES string of the molecule is Cc1nc(-c2ccc(F)cc2Cl)sc1CNC(C)(C)C. The van der Waals surface area contributed by atoms with Crippen molar-refractivity contribution in [2.45, 2.75) is 39.8 Å². The average molecular weight is 313 g/mol. The van der Waals surface area contributed by atoms with Crippen molar-refractivity contribution in [1.82, 2.24) is 10.3 Å². The second kappa shape index (κ2) is 5.80. The Hall–Kier alpha value is -0.970. The zero-order valence-electron chi connectivity index (χ0n) is 12.1. The summed E-state index contributed by atoms with van der Waals surface area (Å²) in [4.78, 5) is 5.72. The van der Waals surface area contributed by atoms with Crippen molar-refractivity contribution in [2.24, 2.45) is 0 Å². The molecular formula is C15H18ClFN2S. The average Bonchev–Trinajstić information content (AvgIpc) is 2.67. The van der Waals surface area contributed by atoms with Gasteiger partial charge in [-0.3, -0.25) is 0 Å². The van der Waals surface area contributed by atoms with E-state index in [9.17, 15) is 4.39 Å². The van der Waals surface area contributed by atoms with Gasteiger partial charge in [0.2, 0.25) is 0 Å². The van der Waals surface area contributed by atoms with Crippen LogP contribution in [0.4, 0.5) is 4.39 Å². The van der Waals surface area contributed by atoms with Crippen LogP contribution in [0.15, 0.2) is 18.2 Å². The lowest BCUT2D eigenvalue weighted by Crippen LogP contribution is -2.34. The summed E-state index contributed by atoms with van der Waals surface area (Å²) in [6.07, 6.45) is 0. The predicted octanol–water partition coefficient (Wildman–Crippen LogP) is 4.80. The number of hydrogen-bond donors (Lipinski definition) is 1. The van der Waals surface area contributed by atoms with Gasteiger partial charge in [0, 0.05) is 22.5 Å². The second-order valence-corrected chi connectivity index (χ2v) is 7.25. The molecule has 0 aliphatic carbocycles. The molecule has 2 aromatic rings. The van der Waals surface area contributed by atoms with Gasteiger partial charge in [-0.25, -0.2) is 9.37 Å². The summed E-state index contributed by atoms with van der Waals surface area (Å²) in [5.41, 5.74) is 1.83. The number of aryl methyl sites for hydroxylation is 1. The Morgan fingerprint density at radius 1 is 1.35 bits per heavy atom. The first-order valence-electron chi connectivity index (χ1n) is 6.43. The summed E-state index contributed by atoms with van der Waals surface area (Å²) in [7, 11) is 0. The first-order chi connectivity index (χ1) is 9.26. The van der Waals surface area contributed by atoms with Crippen LogP contribution < -0.4 is 5.32 Å². The summed E-state index contributed by atoms with van der Waals surface area (Å²) in [5, 5.41) is 4.67. The Labute approximate surface area is 128 Å². The highest BCUT2D eigenvalue weighted by Gasteiger charge is 2.15. The van der Waals surface area contributed by atoms with Crippen LogP contribution in [0.3, 0.4) is 0 Å². The molecule has 5 heteroatoms. The maximum atomic E-state index is 13.1. The van der Waals surface area contributed by atoms with Crippen LogP contribution in [0.25, 0.3) is 10.6 Å². The van der Waals surface area contributed by atoms with Crippen LogP contribution >= 0.6 is 22.9 Å². The molecule has 2 rings (SSSR count). The molecule has 0 amide bonds. The number of rotatable bonds is 3. The Morgan fingerprint density at radius 2 is 2.05 bits per heavy atom. The molecule has 0 fully saturated rings. The fourth-order valence-corrected chi connectivity index (χ4v) is 3.07. The summed E-state index contributed by atoms with van der Waals surface area (Å²) in [6.45, 7) is 9.13. The van der Waals surface area contributed by atoms with Gasteiger partial charge in [0.15, 0.2) is 0 Å². The predicted molar refractivity (Wildman–Crippen MR) is 83.8 cm³/mol. The van der Waals surface area contributed by atoms with E-state index < -0.39 is 0 Å². The van der Waals surface area contributed by atoms with E-state index in [0.717, 1.165) is 22.8 Å². The van der Waals surface area contributed by atoms with Gasteiger partial charge >= 0.3 is 0 Å². The number of thiazole rings is 1. The lowest BCUT2D eigenvalue weighted by Gasteiger charge is -2.19. The third kappa shape index (κ3) is 3.78. The van der Waals surface area contributed by atoms with E-state index in [-0.39, 0.29) is 11.4 Å². The zero-order valence-corrected chi connectivity index (χ0v) is 13.6. The van der Waals surface area contributed by atoms with E-state index >= 15 is 0 Å². The molecule has 0 aliphatic heterocycles. The van der Waals surface area contributed by atoms with Crippen LogP contribution in [0.2, 0.25) is 5.02 Å². The van der Waals surface area contributed by atoms with Crippen LogP contribution in [-0.4, -0.2) is 10.5 Å². The summed E-state index contributed by atoms with van der Waals surface area (Å²) >= 11 is 7.68. The van der Waals surface area contributed by atoms with E-state index in [4.69, 9.17) is 11.6 Å². The number of hydrogen-bond acceptors (Lipinski definition) is 3. The third-order valence-electron chi connectivity index (χ3n) is 2.83. The van der Waals surface area contributed by atoms with Gasteiger partial charge in [0.1, 0.15) is 10.8 Å². The lowest BCUT2D eigenvalue weighted by molar-refractivity contribution is 0.425. The van der Waals surface area contributed by atoms with E-state index in [0.29, 0.717) is 5.02 Å². The van der Waals surface area contributed by atoms with Crippen LogP contribution in [0.1, 0.15) is 31.3 Å². The van der Waals surface area contributed by atoms with E-state index in [1.807, 2.05) is 6.92 Å². The van der Waals surface area contributed by atoms with Crippen molar-refractivity contribution in [3.8, 4) is 10.6 Å². The monoisotopic (exact) mass is 312 g/mol. The lowest BCUT2D eigenvalue weighted by atomic mass is 10.1. The fourth-order valence-electron chi connectivity index (χ4n) is 1.72. The van der Waals surface area contributed by atoms with Crippen molar-refractivity contribution < 1.29 is 4.39 Å².